The van der Waals surface area contributed by atoms with Crippen molar-refractivity contribution < 1.29 is 14.8 Å². The number of quaternary nitrogens is 1. The number of hydrogen-bond donors (Lipinski definition) is 1. The number of para-hydroxylation sites is 1. The molecule has 0 saturated carbocycles. The molecule has 0 bridgehead atoms. The van der Waals surface area contributed by atoms with Crippen molar-refractivity contribution in [2.24, 2.45) is 0 Å². The number of benzene rings is 1. The number of likely N-dealkylation sites (N-methyl/N-ethyl adjacent to an activating group) is 1. The molecule has 4 heteroatoms. The number of nitrogens with zero attached hydrogens (tertiary/aromatic N) is 1. The first kappa shape index (κ1) is 11.0. The van der Waals surface area contributed by atoms with E-state index in [0.717, 1.165) is 31.9 Å². The molecule has 0 unspecified atom stereocenters. The average molecular weight is 220 g/mol. The van der Waals surface area contributed by atoms with E-state index < -0.39 is 5.97 Å². The third kappa shape index (κ3) is 2.17. The van der Waals surface area contributed by atoms with Crippen molar-refractivity contribution in [1.29, 1.82) is 0 Å². The van der Waals surface area contributed by atoms with E-state index in [4.69, 9.17) is 0 Å². The Hall–Kier alpha value is -1.55. The SMILES string of the molecule is C[NH+]1CCN(c2ccccc2C(=O)[O-])CC1. The fourth-order valence-corrected chi connectivity index (χ4v) is 2.05. The van der Waals surface area contributed by atoms with E-state index in [2.05, 4.69) is 11.9 Å². The highest BCUT2D eigenvalue weighted by molar-refractivity contribution is 5.93. The maximum atomic E-state index is 11.0. The molecule has 0 radical (unpaired) electrons. The minimum atomic E-state index is -1.10. The summed E-state index contributed by atoms with van der Waals surface area (Å²) in [7, 11) is 2.15. The van der Waals surface area contributed by atoms with Crippen molar-refractivity contribution in [2.75, 3.05) is 38.1 Å². The fourth-order valence-electron chi connectivity index (χ4n) is 2.05. The normalized spacial score (nSPS) is 17.4. The summed E-state index contributed by atoms with van der Waals surface area (Å²) < 4.78 is 0. The molecule has 1 aliphatic heterocycles. The van der Waals surface area contributed by atoms with Crippen LogP contribution in [0.25, 0.3) is 0 Å². The molecule has 0 spiro atoms. The van der Waals surface area contributed by atoms with Gasteiger partial charge < -0.3 is 19.7 Å². The maximum absolute atomic E-state index is 11.0. The van der Waals surface area contributed by atoms with Crippen LogP contribution >= 0.6 is 0 Å². The number of carbonyl (C=O) groups excluding carboxylic acids is 1. The summed E-state index contributed by atoms with van der Waals surface area (Å²) in [6.45, 7) is 3.88. The van der Waals surface area contributed by atoms with E-state index in [1.165, 1.54) is 4.90 Å². The highest BCUT2D eigenvalue weighted by Gasteiger charge is 2.18. The second kappa shape index (κ2) is 4.53. The highest BCUT2D eigenvalue weighted by Crippen LogP contribution is 2.19. The van der Waals surface area contributed by atoms with E-state index in [1.807, 2.05) is 12.1 Å². The van der Waals surface area contributed by atoms with Crippen molar-refractivity contribution in [1.82, 2.24) is 0 Å². The lowest BCUT2D eigenvalue weighted by Crippen LogP contribution is -3.12. The van der Waals surface area contributed by atoms with Gasteiger partial charge in [-0.05, 0) is 6.07 Å². The van der Waals surface area contributed by atoms with Crippen molar-refractivity contribution in [2.45, 2.75) is 0 Å². The lowest BCUT2D eigenvalue weighted by atomic mass is 10.1. The average Bonchev–Trinajstić information content (AvgIpc) is 2.30. The molecule has 1 aromatic carbocycles. The van der Waals surface area contributed by atoms with Crippen LogP contribution in [-0.4, -0.2) is 39.2 Å². The predicted molar refractivity (Wildman–Crippen MR) is 59.6 cm³/mol. The molecular formula is C12H16N2O2. The zero-order valence-electron chi connectivity index (χ0n) is 9.40. The summed E-state index contributed by atoms with van der Waals surface area (Å²) in [6, 6.07) is 7.06. The zero-order valence-corrected chi connectivity index (χ0v) is 9.40. The number of rotatable bonds is 2. The van der Waals surface area contributed by atoms with Gasteiger partial charge in [-0.2, -0.15) is 0 Å². The Bertz CT molecular complexity index is 384. The first-order valence-corrected chi connectivity index (χ1v) is 5.55. The summed E-state index contributed by atoms with van der Waals surface area (Å²) in [6.07, 6.45) is 0. The van der Waals surface area contributed by atoms with E-state index in [-0.39, 0.29) is 0 Å². The van der Waals surface area contributed by atoms with Crippen LogP contribution in [0.15, 0.2) is 24.3 Å². The van der Waals surface area contributed by atoms with Crippen LogP contribution < -0.4 is 14.9 Å². The van der Waals surface area contributed by atoms with Gasteiger partial charge in [0.2, 0.25) is 0 Å². The lowest BCUT2D eigenvalue weighted by molar-refractivity contribution is -0.880. The molecule has 1 fully saturated rings. The number of carboxylic acids is 1. The maximum Gasteiger partial charge on any atom is 0.0947 e. The Morgan fingerprint density at radius 3 is 2.56 bits per heavy atom. The molecule has 16 heavy (non-hydrogen) atoms. The van der Waals surface area contributed by atoms with Crippen molar-refractivity contribution >= 4 is 11.7 Å². The van der Waals surface area contributed by atoms with Gasteiger partial charge in [-0.15, -0.1) is 0 Å². The van der Waals surface area contributed by atoms with Crippen LogP contribution in [0, 0.1) is 0 Å². The van der Waals surface area contributed by atoms with Crippen molar-refractivity contribution in [3.63, 3.8) is 0 Å². The summed E-state index contributed by atoms with van der Waals surface area (Å²) in [4.78, 5) is 14.6. The molecular weight excluding hydrogens is 204 g/mol. The minimum absolute atomic E-state index is 0.294. The van der Waals surface area contributed by atoms with E-state index in [0.29, 0.717) is 5.56 Å². The van der Waals surface area contributed by atoms with Crippen LogP contribution in [0.5, 0.6) is 0 Å². The Balaban J connectivity index is 2.23. The first-order chi connectivity index (χ1) is 7.68. The molecule has 86 valence electrons. The van der Waals surface area contributed by atoms with Crippen molar-refractivity contribution in [3.05, 3.63) is 29.8 Å². The standard InChI is InChI=1S/C12H16N2O2/c1-13-6-8-14(9-7-13)11-5-3-2-4-10(11)12(15)16/h2-5H,6-9H2,1H3,(H,15,16). The number of nitrogens with one attached hydrogen (secondary N) is 1. The van der Waals surface area contributed by atoms with Gasteiger partial charge in [-0.1, -0.05) is 18.2 Å². The Morgan fingerprint density at radius 2 is 1.94 bits per heavy atom. The van der Waals surface area contributed by atoms with E-state index in [9.17, 15) is 9.90 Å². The number of hydrogen-bond acceptors (Lipinski definition) is 3. The highest BCUT2D eigenvalue weighted by atomic mass is 16.4. The van der Waals surface area contributed by atoms with Gasteiger partial charge in [0.25, 0.3) is 0 Å². The number of aromatic carboxylic acids is 1. The van der Waals surface area contributed by atoms with Gasteiger partial charge in [0.05, 0.1) is 39.2 Å². The molecule has 1 N–H and O–H groups in total. The molecule has 1 heterocycles. The molecule has 0 aromatic heterocycles. The van der Waals surface area contributed by atoms with Crippen LogP contribution in [-0.2, 0) is 0 Å². The predicted octanol–water partition coefficient (Wildman–Crippen LogP) is -1.62. The van der Waals surface area contributed by atoms with Crippen LogP contribution in [0.2, 0.25) is 0 Å². The van der Waals surface area contributed by atoms with Gasteiger partial charge in [0, 0.05) is 11.3 Å². The van der Waals surface area contributed by atoms with Crippen LogP contribution in [0.4, 0.5) is 5.69 Å². The minimum Gasteiger partial charge on any atom is -0.545 e. The van der Waals surface area contributed by atoms with E-state index in [1.54, 1.807) is 12.1 Å². The fraction of sp³-hybridized carbons (Fsp3) is 0.417. The van der Waals surface area contributed by atoms with Crippen LogP contribution in [0.1, 0.15) is 10.4 Å². The van der Waals surface area contributed by atoms with Gasteiger partial charge >= 0.3 is 0 Å². The van der Waals surface area contributed by atoms with E-state index >= 15 is 0 Å². The number of piperazine rings is 1. The molecule has 2 rings (SSSR count). The second-order valence-corrected chi connectivity index (χ2v) is 4.25. The van der Waals surface area contributed by atoms with Gasteiger partial charge in [-0.3, -0.25) is 0 Å². The molecule has 0 atom stereocenters. The van der Waals surface area contributed by atoms with Crippen molar-refractivity contribution in [3.8, 4) is 0 Å². The quantitative estimate of drug-likeness (QED) is 0.652. The molecule has 4 nitrogen and oxygen atoms in total. The Morgan fingerprint density at radius 1 is 1.31 bits per heavy atom. The first-order valence-electron chi connectivity index (χ1n) is 5.55. The second-order valence-electron chi connectivity index (χ2n) is 4.25. The van der Waals surface area contributed by atoms with Gasteiger partial charge in [-0.25, -0.2) is 0 Å². The summed E-state index contributed by atoms with van der Waals surface area (Å²) in [5, 5.41) is 11.0. The summed E-state index contributed by atoms with van der Waals surface area (Å²) in [5.74, 6) is -1.10. The summed E-state index contributed by atoms with van der Waals surface area (Å²) in [5.41, 5.74) is 1.08. The largest absolute Gasteiger partial charge is 0.545 e. The summed E-state index contributed by atoms with van der Waals surface area (Å²) >= 11 is 0. The van der Waals surface area contributed by atoms with Gasteiger partial charge in [0.1, 0.15) is 0 Å². The number of carbonyl (C=O) groups is 1. The zero-order chi connectivity index (χ0) is 11.5. The number of anilines is 1. The third-order valence-corrected chi connectivity index (χ3v) is 3.08. The Kier molecular flexibility index (Phi) is 3.10. The molecule has 0 amide bonds. The molecule has 1 aromatic rings. The topological polar surface area (TPSA) is 47.8 Å². The Labute approximate surface area is 95.1 Å². The van der Waals surface area contributed by atoms with Crippen LogP contribution in [0.3, 0.4) is 0 Å². The third-order valence-electron chi connectivity index (χ3n) is 3.08. The molecule has 1 aliphatic rings. The number of carboxylic acid groups (broad SMARTS) is 1. The monoisotopic (exact) mass is 220 g/mol. The lowest BCUT2D eigenvalue weighted by Gasteiger charge is -2.33. The van der Waals surface area contributed by atoms with Gasteiger partial charge in [0.15, 0.2) is 0 Å². The molecule has 0 aliphatic carbocycles. The smallest absolute Gasteiger partial charge is 0.0947 e. The molecule has 1 saturated heterocycles.